The summed E-state index contributed by atoms with van der Waals surface area (Å²) in [5.74, 6) is -0.904. The molecule has 2 N–H and O–H groups in total. The van der Waals surface area contributed by atoms with E-state index in [-0.39, 0.29) is 5.69 Å². The van der Waals surface area contributed by atoms with Crippen LogP contribution >= 0.6 is 15.9 Å². The van der Waals surface area contributed by atoms with Gasteiger partial charge in [0.25, 0.3) is 0 Å². The summed E-state index contributed by atoms with van der Waals surface area (Å²) in [5.41, 5.74) is 2.87. The van der Waals surface area contributed by atoms with Gasteiger partial charge in [-0.15, -0.1) is 0 Å². The molecule has 0 unspecified atom stereocenters. The van der Waals surface area contributed by atoms with Gasteiger partial charge in [-0.1, -0.05) is 24.8 Å². The van der Waals surface area contributed by atoms with E-state index in [0.29, 0.717) is 28.1 Å². The second-order valence-electron chi connectivity index (χ2n) is 5.63. The molecule has 2 amide bonds. The molecule has 0 aliphatic heterocycles. The van der Waals surface area contributed by atoms with Crippen molar-refractivity contribution in [1.82, 2.24) is 5.43 Å². The van der Waals surface area contributed by atoms with Crippen molar-refractivity contribution in [2.45, 2.75) is 6.42 Å². The Labute approximate surface area is 175 Å². The maximum absolute atomic E-state index is 13.5. The molecular formula is C20H19BrFN3O4. The molecule has 0 aliphatic rings. The molecule has 0 spiro atoms. The summed E-state index contributed by atoms with van der Waals surface area (Å²) < 4.78 is 25.0. The maximum atomic E-state index is 13.5. The van der Waals surface area contributed by atoms with E-state index in [1.165, 1.54) is 31.5 Å². The molecular weight excluding hydrogens is 445 g/mol. The number of para-hydroxylation sites is 1. The van der Waals surface area contributed by atoms with Crippen LogP contribution in [-0.2, 0) is 9.59 Å². The summed E-state index contributed by atoms with van der Waals surface area (Å²) in [7, 11) is 1.50. The average molecular weight is 464 g/mol. The van der Waals surface area contributed by atoms with Gasteiger partial charge >= 0.3 is 0 Å². The highest BCUT2D eigenvalue weighted by molar-refractivity contribution is 9.10. The number of nitrogens with one attached hydrogen (secondary N) is 2. The summed E-state index contributed by atoms with van der Waals surface area (Å²) in [6, 6.07) is 9.07. The second-order valence-corrected chi connectivity index (χ2v) is 6.49. The fourth-order valence-corrected chi connectivity index (χ4v) is 2.79. The predicted octanol–water partition coefficient (Wildman–Crippen LogP) is 3.64. The number of benzene rings is 2. The van der Waals surface area contributed by atoms with Crippen molar-refractivity contribution in [1.29, 1.82) is 0 Å². The molecule has 2 aromatic rings. The highest BCUT2D eigenvalue weighted by atomic mass is 79.9. The minimum absolute atomic E-state index is 0.00418. The van der Waals surface area contributed by atoms with E-state index in [1.54, 1.807) is 24.3 Å². The number of amides is 2. The molecule has 0 atom stereocenters. The third-order valence-corrected chi connectivity index (χ3v) is 4.06. The van der Waals surface area contributed by atoms with Crippen LogP contribution in [0.3, 0.4) is 0 Å². The lowest BCUT2D eigenvalue weighted by Crippen LogP contribution is -2.24. The lowest BCUT2D eigenvalue weighted by atomic mass is 10.2. The number of rotatable bonds is 9. The minimum atomic E-state index is -0.657. The molecule has 0 aliphatic carbocycles. The number of carbonyl (C=O) groups excluding carboxylic acids is 2. The molecule has 0 fully saturated rings. The third-order valence-electron chi connectivity index (χ3n) is 3.47. The van der Waals surface area contributed by atoms with Gasteiger partial charge < -0.3 is 14.8 Å². The summed E-state index contributed by atoms with van der Waals surface area (Å²) >= 11 is 3.39. The van der Waals surface area contributed by atoms with Gasteiger partial charge in [-0.05, 0) is 45.8 Å². The van der Waals surface area contributed by atoms with Gasteiger partial charge in [0.15, 0.2) is 11.5 Å². The van der Waals surface area contributed by atoms with E-state index in [0.717, 1.165) is 0 Å². The first-order valence-electron chi connectivity index (χ1n) is 8.42. The van der Waals surface area contributed by atoms with Crippen LogP contribution in [0.25, 0.3) is 0 Å². The van der Waals surface area contributed by atoms with Crippen molar-refractivity contribution in [2.75, 3.05) is 19.0 Å². The summed E-state index contributed by atoms with van der Waals surface area (Å²) in [6.07, 6.45) is 2.49. The average Bonchev–Trinajstić information content (AvgIpc) is 2.68. The Kier molecular flexibility index (Phi) is 8.35. The molecule has 9 heteroatoms. The zero-order chi connectivity index (χ0) is 21.2. The van der Waals surface area contributed by atoms with Gasteiger partial charge in [0.2, 0.25) is 11.8 Å². The molecule has 2 rings (SSSR count). The Morgan fingerprint density at radius 1 is 1.28 bits per heavy atom. The highest BCUT2D eigenvalue weighted by Crippen LogP contribution is 2.36. The van der Waals surface area contributed by atoms with Gasteiger partial charge in [0.05, 0.1) is 23.5 Å². The van der Waals surface area contributed by atoms with Crippen molar-refractivity contribution < 1.29 is 23.5 Å². The minimum Gasteiger partial charge on any atom is -0.493 e. The van der Waals surface area contributed by atoms with E-state index < -0.39 is 24.1 Å². The Hall–Kier alpha value is -3.20. The molecule has 0 saturated carbocycles. The fourth-order valence-electron chi connectivity index (χ4n) is 2.22. The number of ether oxygens (including phenoxy) is 2. The summed E-state index contributed by atoms with van der Waals surface area (Å²) in [4.78, 5) is 23.7. The molecule has 0 heterocycles. The van der Waals surface area contributed by atoms with Crippen molar-refractivity contribution in [3.05, 3.63) is 64.9 Å². The predicted molar refractivity (Wildman–Crippen MR) is 112 cm³/mol. The quantitative estimate of drug-likeness (QED) is 0.257. The highest BCUT2D eigenvalue weighted by Gasteiger charge is 2.12. The van der Waals surface area contributed by atoms with Gasteiger partial charge in [-0.2, -0.15) is 5.10 Å². The zero-order valence-corrected chi connectivity index (χ0v) is 17.2. The van der Waals surface area contributed by atoms with E-state index in [4.69, 9.17) is 9.47 Å². The Bertz CT molecular complexity index is 934. The van der Waals surface area contributed by atoms with Crippen molar-refractivity contribution >= 4 is 39.6 Å². The first-order valence-corrected chi connectivity index (χ1v) is 9.21. The molecule has 0 radical (unpaired) electrons. The van der Waals surface area contributed by atoms with Crippen LogP contribution in [0.2, 0.25) is 0 Å². The topological polar surface area (TPSA) is 89.0 Å². The SMILES string of the molecule is C=CCOc1c(Br)cc(C=NNC(=O)CC(=O)Nc2ccccc2F)cc1OC. The van der Waals surface area contributed by atoms with Crippen LogP contribution in [-0.4, -0.2) is 31.7 Å². The van der Waals surface area contributed by atoms with E-state index in [1.807, 2.05) is 0 Å². The maximum Gasteiger partial charge on any atom is 0.249 e. The lowest BCUT2D eigenvalue weighted by Gasteiger charge is -2.12. The zero-order valence-electron chi connectivity index (χ0n) is 15.6. The molecule has 0 saturated heterocycles. The monoisotopic (exact) mass is 463 g/mol. The van der Waals surface area contributed by atoms with Gasteiger partial charge in [-0.3, -0.25) is 9.59 Å². The van der Waals surface area contributed by atoms with Gasteiger partial charge in [0, 0.05) is 0 Å². The second kappa shape index (κ2) is 11.0. The smallest absolute Gasteiger partial charge is 0.249 e. The van der Waals surface area contributed by atoms with Crippen LogP contribution in [0.5, 0.6) is 11.5 Å². The van der Waals surface area contributed by atoms with Crippen LogP contribution < -0.4 is 20.2 Å². The number of hydrogen-bond acceptors (Lipinski definition) is 5. The Morgan fingerprint density at radius 3 is 2.72 bits per heavy atom. The molecule has 29 heavy (non-hydrogen) atoms. The van der Waals surface area contributed by atoms with E-state index in [2.05, 4.69) is 38.4 Å². The molecule has 0 aromatic heterocycles. The van der Waals surface area contributed by atoms with Crippen molar-refractivity contribution in [3.63, 3.8) is 0 Å². The molecule has 7 nitrogen and oxygen atoms in total. The van der Waals surface area contributed by atoms with E-state index in [9.17, 15) is 14.0 Å². The standard InChI is InChI=1S/C20H19BrFN3O4/c1-3-8-29-20-14(21)9-13(10-17(20)28-2)12-23-25-19(27)11-18(26)24-16-7-5-4-6-15(16)22/h3-7,9-10,12H,1,8,11H2,2H3,(H,24,26)(H,25,27). The number of carbonyl (C=O) groups is 2. The molecule has 2 aromatic carbocycles. The van der Waals surface area contributed by atoms with Crippen molar-refractivity contribution in [2.24, 2.45) is 5.10 Å². The summed E-state index contributed by atoms with van der Waals surface area (Å²) in [6.45, 7) is 3.91. The fraction of sp³-hybridized carbons (Fsp3) is 0.150. The van der Waals surface area contributed by atoms with Gasteiger partial charge in [0.1, 0.15) is 18.8 Å². The third kappa shape index (κ3) is 6.72. The van der Waals surface area contributed by atoms with E-state index >= 15 is 0 Å². The number of hydrazone groups is 1. The van der Waals surface area contributed by atoms with Crippen LogP contribution in [0.1, 0.15) is 12.0 Å². The normalized spacial score (nSPS) is 10.4. The first-order chi connectivity index (χ1) is 13.9. The molecule has 152 valence electrons. The number of halogens is 2. The summed E-state index contributed by atoms with van der Waals surface area (Å²) in [5, 5.41) is 6.14. The first kappa shape index (κ1) is 22.1. The number of methoxy groups -OCH3 is 1. The van der Waals surface area contributed by atoms with Crippen LogP contribution in [0.15, 0.2) is 58.6 Å². The Morgan fingerprint density at radius 2 is 2.03 bits per heavy atom. The largest absolute Gasteiger partial charge is 0.493 e. The molecule has 0 bridgehead atoms. The van der Waals surface area contributed by atoms with Gasteiger partial charge in [-0.25, -0.2) is 9.82 Å². The lowest BCUT2D eigenvalue weighted by molar-refractivity contribution is -0.126. The Balaban J connectivity index is 1.94. The number of anilines is 1. The van der Waals surface area contributed by atoms with Crippen LogP contribution in [0.4, 0.5) is 10.1 Å². The number of nitrogens with zero attached hydrogens (tertiary/aromatic N) is 1. The van der Waals surface area contributed by atoms with Crippen LogP contribution in [0, 0.1) is 5.82 Å². The number of hydrogen-bond donors (Lipinski definition) is 2. The van der Waals surface area contributed by atoms with Crippen molar-refractivity contribution in [3.8, 4) is 11.5 Å².